The lowest BCUT2D eigenvalue weighted by molar-refractivity contribution is 0.415. The van der Waals surface area contributed by atoms with Crippen LogP contribution in [0, 0.1) is 6.92 Å². The molecule has 0 saturated carbocycles. The Hall–Kier alpha value is -3.35. The number of hydrogen-bond acceptors (Lipinski definition) is 7. The van der Waals surface area contributed by atoms with Crippen LogP contribution in [0.4, 0.5) is 17.5 Å². The maximum atomic E-state index is 5.24. The molecule has 4 rings (SSSR count). The van der Waals surface area contributed by atoms with Crippen LogP contribution in [0.25, 0.3) is 0 Å². The van der Waals surface area contributed by atoms with Gasteiger partial charge in [-0.25, -0.2) is 0 Å². The third kappa shape index (κ3) is 4.56. The molecule has 0 unspecified atom stereocenters. The van der Waals surface area contributed by atoms with Gasteiger partial charge >= 0.3 is 0 Å². The summed E-state index contributed by atoms with van der Waals surface area (Å²) >= 11 is 0. The van der Waals surface area contributed by atoms with Gasteiger partial charge in [0.25, 0.3) is 0 Å². The van der Waals surface area contributed by atoms with Crippen LogP contribution in [-0.2, 0) is 6.54 Å². The summed E-state index contributed by atoms with van der Waals surface area (Å²) in [6, 6.07) is 16.5. The Labute approximate surface area is 171 Å². The zero-order valence-corrected chi connectivity index (χ0v) is 16.9. The maximum Gasteiger partial charge on any atom is 0.247 e. The lowest BCUT2D eigenvalue weighted by Gasteiger charge is -2.36. The first-order chi connectivity index (χ1) is 14.2. The van der Waals surface area contributed by atoms with Crippen LogP contribution in [0.15, 0.2) is 54.7 Å². The molecule has 0 radical (unpaired) electrons. The molecule has 7 nitrogen and oxygen atoms in total. The molecule has 1 aromatic heterocycles. The third-order valence-electron chi connectivity index (χ3n) is 5.27. The van der Waals surface area contributed by atoms with E-state index in [4.69, 9.17) is 4.74 Å². The lowest BCUT2D eigenvalue weighted by atomic mass is 10.1. The van der Waals surface area contributed by atoms with Crippen molar-refractivity contribution in [3.05, 3.63) is 65.9 Å². The molecular weight excluding hydrogens is 364 g/mol. The van der Waals surface area contributed by atoms with Gasteiger partial charge in [-0.3, -0.25) is 0 Å². The van der Waals surface area contributed by atoms with E-state index in [9.17, 15) is 0 Å². The van der Waals surface area contributed by atoms with Crippen LogP contribution < -0.4 is 19.9 Å². The highest BCUT2D eigenvalue weighted by Gasteiger charge is 2.20. The van der Waals surface area contributed by atoms with Crippen LogP contribution >= 0.6 is 0 Å². The average Bonchev–Trinajstić information content (AvgIpc) is 2.79. The molecule has 1 N–H and O–H groups in total. The van der Waals surface area contributed by atoms with Gasteiger partial charge in [0.1, 0.15) is 5.75 Å². The fraction of sp³-hybridized carbons (Fsp3) is 0.318. The Kier molecular flexibility index (Phi) is 5.74. The molecule has 0 aliphatic carbocycles. The molecule has 0 spiro atoms. The molecule has 1 fully saturated rings. The van der Waals surface area contributed by atoms with Gasteiger partial charge in [0.2, 0.25) is 5.95 Å². The highest BCUT2D eigenvalue weighted by atomic mass is 16.5. The van der Waals surface area contributed by atoms with Crippen LogP contribution in [0.1, 0.15) is 11.1 Å². The number of ether oxygens (including phenoxy) is 1. The van der Waals surface area contributed by atoms with Crippen molar-refractivity contribution in [2.45, 2.75) is 13.5 Å². The minimum absolute atomic E-state index is 0.675. The lowest BCUT2D eigenvalue weighted by Crippen LogP contribution is -2.47. The van der Waals surface area contributed by atoms with Crippen LogP contribution in [0.3, 0.4) is 0 Å². The molecule has 150 valence electrons. The smallest absolute Gasteiger partial charge is 0.247 e. The Morgan fingerprint density at radius 1 is 0.966 bits per heavy atom. The number of aromatic nitrogens is 3. The van der Waals surface area contributed by atoms with Crippen molar-refractivity contribution in [3.63, 3.8) is 0 Å². The quantitative estimate of drug-likeness (QED) is 0.694. The van der Waals surface area contributed by atoms with Gasteiger partial charge in [-0.1, -0.05) is 24.3 Å². The summed E-state index contributed by atoms with van der Waals surface area (Å²) in [5.41, 5.74) is 3.72. The van der Waals surface area contributed by atoms with Gasteiger partial charge in [0.15, 0.2) is 5.82 Å². The number of rotatable bonds is 6. The number of nitrogens with one attached hydrogen (secondary N) is 1. The Bertz CT molecular complexity index is 938. The van der Waals surface area contributed by atoms with E-state index in [0.717, 1.165) is 44.3 Å². The molecule has 0 amide bonds. The molecule has 0 bridgehead atoms. The predicted octanol–water partition coefficient (Wildman–Crippen LogP) is 3.13. The number of benzene rings is 2. The fourth-order valence-corrected chi connectivity index (χ4v) is 3.47. The molecule has 7 heteroatoms. The number of anilines is 3. The summed E-state index contributed by atoms with van der Waals surface area (Å²) in [6.45, 7) is 6.37. The monoisotopic (exact) mass is 390 g/mol. The molecule has 1 saturated heterocycles. The summed E-state index contributed by atoms with van der Waals surface area (Å²) in [5.74, 6) is 2.30. The second-order valence-electron chi connectivity index (χ2n) is 7.09. The summed E-state index contributed by atoms with van der Waals surface area (Å²) in [4.78, 5) is 9.22. The second-order valence-corrected chi connectivity index (χ2v) is 7.09. The highest BCUT2D eigenvalue weighted by Crippen LogP contribution is 2.22. The predicted molar refractivity (Wildman–Crippen MR) is 116 cm³/mol. The van der Waals surface area contributed by atoms with E-state index in [2.05, 4.69) is 73.6 Å². The third-order valence-corrected chi connectivity index (χ3v) is 5.27. The topological polar surface area (TPSA) is 66.4 Å². The van der Waals surface area contributed by atoms with Crippen molar-refractivity contribution in [1.82, 2.24) is 15.2 Å². The van der Waals surface area contributed by atoms with E-state index in [1.807, 2.05) is 12.1 Å². The Balaban J connectivity index is 1.36. The van der Waals surface area contributed by atoms with E-state index in [-0.39, 0.29) is 0 Å². The van der Waals surface area contributed by atoms with E-state index in [0.29, 0.717) is 5.95 Å². The van der Waals surface area contributed by atoms with Crippen molar-refractivity contribution in [3.8, 4) is 5.75 Å². The number of nitrogens with zero attached hydrogens (tertiary/aromatic N) is 5. The minimum atomic E-state index is 0.675. The number of aryl methyl sites for hydroxylation is 1. The van der Waals surface area contributed by atoms with Gasteiger partial charge in [0, 0.05) is 38.4 Å². The Morgan fingerprint density at radius 3 is 2.41 bits per heavy atom. The van der Waals surface area contributed by atoms with Gasteiger partial charge in [-0.2, -0.15) is 10.1 Å². The van der Waals surface area contributed by atoms with Gasteiger partial charge in [-0.15, -0.1) is 5.10 Å². The molecule has 1 aliphatic heterocycles. The average molecular weight is 390 g/mol. The normalized spacial score (nSPS) is 14.0. The second kappa shape index (κ2) is 8.77. The van der Waals surface area contributed by atoms with E-state index in [1.165, 1.54) is 16.8 Å². The summed E-state index contributed by atoms with van der Waals surface area (Å²) in [6.07, 6.45) is 1.68. The van der Waals surface area contributed by atoms with Crippen molar-refractivity contribution in [2.75, 3.05) is 48.4 Å². The molecule has 2 heterocycles. The first-order valence-electron chi connectivity index (χ1n) is 9.85. The number of hydrogen-bond donors (Lipinski definition) is 1. The van der Waals surface area contributed by atoms with Crippen molar-refractivity contribution in [2.24, 2.45) is 0 Å². The molecular formula is C22H26N6O. The van der Waals surface area contributed by atoms with Crippen molar-refractivity contribution >= 4 is 17.5 Å². The van der Waals surface area contributed by atoms with E-state index < -0.39 is 0 Å². The summed E-state index contributed by atoms with van der Waals surface area (Å²) in [7, 11) is 1.69. The fourth-order valence-electron chi connectivity index (χ4n) is 3.47. The molecule has 1 aliphatic rings. The van der Waals surface area contributed by atoms with Crippen LogP contribution in [0.2, 0.25) is 0 Å². The van der Waals surface area contributed by atoms with Crippen LogP contribution in [0.5, 0.6) is 5.75 Å². The van der Waals surface area contributed by atoms with Gasteiger partial charge in [0.05, 0.1) is 13.3 Å². The zero-order valence-electron chi connectivity index (χ0n) is 16.9. The Morgan fingerprint density at radius 2 is 1.69 bits per heavy atom. The first-order valence-corrected chi connectivity index (χ1v) is 9.85. The standard InChI is InChI=1S/C22H26N6O/c1-17-5-3-4-6-18(17)15-23-21-16-24-26-22(25-21)28-13-11-27(12-14-28)19-7-9-20(29-2)10-8-19/h3-10,16H,11-15H2,1-2H3,(H,23,25,26). The van der Waals surface area contributed by atoms with Crippen LogP contribution in [-0.4, -0.2) is 48.5 Å². The van der Waals surface area contributed by atoms with Gasteiger partial charge in [-0.05, 0) is 42.3 Å². The van der Waals surface area contributed by atoms with Crippen molar-refractivity contribution in [1.29, 1.82) is 0 Å². The molecule has 29 heavy (non-hydrogen) atoms. The van der Waals surface area contributed by atoms with Gasteiger partial charge < -0.3 is 19.9 Å². The molecule has 3 aromatic rings. The first kappa shape index (κ1) is 19.0. The maximum absolute atomic E-state index is 5.24. The number of piperazine rings is 1. The van der Waals surface area contributed by atoms with E-state index in [1.54, 1.807) is 13.3 Å². The molecule has 0 atom stereocenters. The SMILES string of the molecule is COc1ccc(N2CCN(c3nncc(NCc4ccccc4C)n3)CC2)cc1. The number of methoxy groups -OCH3 is 1. The largest absolute Gasteiger partial charge is 0.497 e. The van der Waals surface area contributed by atoms with E-state index >= 15 is 0 Å². The summed E-state index contributed by atoms with van der Waals surface area (Å²) in [5, 5.41) is 11.8. The zero-order chi connectivity index (χ0) is 20.1. The van der Waals surface area contributed by atoms with Crippen molar-refractivity contribution < 1.29 is 4.74 Å². The molecule has 2 aromatic carbocycles. The minimum Gasteiger partial charge on any atom is -0.497 e. The highest BCUT2D eigenvalue weighted by molar-refractivity contribution is 5.51. The summed E-state index contributed by atoms with van der Waals surface area (Å²) < 4.78 is 5.24.